The van der Waals surface area contributed by atoms with E-state index < -0.39 is 0 Å². The van der Waals surface area contributed by atoms with Gasteiger partial charge >= 0.3 is 0 Å². The fraction of sp³-hybridized carbons (Fsp3) is 0.333. The molecule has 0 bridgehead atoms. The van der Waals surface area contributed by atoms with Gasteiger partial charge in [-0.1, -0.05) is 11.8 Å². The smallest absolute Gasteiger partial charge is 0.235 e. The Morgan fingerprint density at radius 2 is 2.39 bits per heavy atom. The lowest BCUT2D eigenvalue weighted by Crippen LogP contribution is -2.23. The highest BCUT2D eigenvalue weighted by molar-refractivity contribution is 8.02. The molecule has 1 amide bonds. The molecule has 3 rings (SSSR count). The SMILES string of the molecule is CN1CCC(Sc2nc3ccc(N)cc3s2)C1=O. The number of likely N-dealkylation sites (tertiary alicyclic amines) is 1. The zero-order valence-corrected chi connectivity index (χ0v) is 11.6. The lowest BCUT2D eigenvalue weighted by molar-refractivity contribution is -0.126. The van der Waals surface area contributed by atoms with Crippen molar-refractivity contribution in [3.63, 3.8) is 0 Å². The Morgan fingerprint density at radius 3 is 3.11 bits per heavy atom. The summed E-state index contributed by atoms with van der Waals surface area (Å²) in [7, 11) is 1.85. The van der Waals surface area contributed by atoms with E-state index >= 15 is 0 Å². The first-order valence-electron chi connectivity index (χ1n) is 5.71. The van der Waals surface area contributed by atoms with Crippen LogP contribution in [0.3, 0.4) is 0 Å². The molecule has 1 aromatic carbocycles. The molecule has 4 nitrogen and oxygen atoms in total. The molecule has 6 heteroatoms. The van der Waals surface area contributed by atoms with Crippen molar-refractivity contribution < 1.29 is 4.79 Å². The highest BCUT2D eigenvalue weighted by Gasteiger charge is 2.30. The van der Waals surface area contributed by atoms with Crippen LogP contribution in [0.25, 0.3) is 10.2 Å². The van der Waals surface area contributed by atoms with E-state index in [1.807, 2.05) is 25.2 Å². The van der Waals surface area contributed by atoms with Gasteiger partial charge in [-0.3, -0.25) is 4.79 Å². The Labute approximate surface area is 113 Å². The average Bonchev–Trinajstić information content (AvgIpc) is 2.86. The summed E-state index contributed by atoms with van der Waals surface area (Å²) < 4.78 is 2.03. The Bertz CT molecular complexity index is 610. The molecule has 0 saturated carbocycles. The summed E-state index contributed by atoms with van der Waals surface area (Å²) >= 11 is 3.17. The summed E-state index contributed by atoms with van der Waals surface area (Å²) in [5.41, 5.74) is 7.45. The molecular formula is C12H13N3OS2. The molecule has 1 unspecified atom stereocenters. The van der Waals surface area contributed by atoms with Gasteiger partial charge in [0.25, 0.3) is 0 Å². The summed E-state index contributed by atoms with van der Waals surface area (Å²) in [5, 5.41) is 0.0212. The highest BCUT2D eigenvalue weighted by atomic mass is 32.2. The average molecular weight is 279 g/mol. The maximum Gasteiger partial charge on any atom is 0.235 e. The van der Waals surface area contributed by atoms with E-state index in [0.717, 1.165) is 33.2 Å². The number of rotatable bonds is 2. The van der Waals surface area contributed by atoms with Crippen LogP contribution in [0.15, 0.2) is 22.5 Å². The van der Waals surface area contributed by atoms with Crippen LogP contribution in [-0.2, 0) is 4.79 Å². The Morgan fingerprint density at radius 1 is 1.56 bits per heavy atom. The molecule has 1 atom stereocenters. The van der Waals surface area contributed by atoms with Crippen LogP contribution in [0.2, 0.25) is 0 Å². The minimum atomic E-state index is 0.0212. The van der Waals surface area contributed by atoms with Gasteiger partial charge in [-0.2, -0.15) is 0 Å². The van der Waals surface area contributed by atoms with Gasteiger partial charge in [0.05, 0.1) is 15.5 Å². The van der Waals surface area contributed by atoms with Crippen molar-refractivity contribution in [2.75, 3.05) is 19.3 Å². The predicted molar refractivity (Wildman–Crippen MR) is 75.9 cm³/mol. The third-order valence-corrected chi connectivity index (χ3v) is 5.38. The number of thiazole rings is 1. The first-order chi connectivity index (χ1) is 8.63. The number of aromatic nitrogens is 1. The number of amides is 1. The molecule has 1 saturated heterocycles. The molecular weight excluding hydrogens is 266 g/mol. The van der Waals surface area contributed by atoms with E-state index in [-0.39, 0.29) is 11.2 Å². The standard InChI is InChI=1S/C12H13N3OS2/c1-15-5-4-9(11(15)16)17-12-14-8-3-2-7(13)6-10(8)18-12/h2-3,6,9H,4-5,13H2,1H3. The lowest BCUT2D eigenvalue weighted by atomic mass is 10.3. The van der Waals surface area contributed by atoms with Gasteiger partial charge in [-0.25, -0.2) is 4.98 Å². The molecule has 0 radical (unpaired) electrons. The number of benzene rings is 1. The van der Waals surface area contributed by atoms with Gasteiger partial charge in [0, 0.05) is 19.3 Å². The van der Waals surface area contributed by atoms with Gasteiger partial charge in [0.15, 0.2) is 4.34 Å². The van der Waals surface area contributed by atoms with Crippen molar-refractivity contribution >= 4 is 44.9 Å². The number of nitrogens with two attached hydrogens (primary N) is 1. The van der Waals surface area contributed by atoms with Crippen LogP contribution in [-0.4, -0.2) is 34.6 Å². The normalized spacial score (nSPS) is 19.9. The van der Waals surface area contributed by atoms with Gasteiger partial charge < -0.3 is 10.6 Å². The first-order valence-corrected chi connectivity index (χ1v) is 7.41. The van der Waals surface area contributed by atoms with Crippen LogP contribution in [0.4, 0.5) is 5.69 Å². The van der Waals surface area contributed by atoms with Crippen molar-refractivity contribution in [3.05, 3.63) is 18.2 Å². The minimum Gasteiger partial charge on any atom is -0.399 e. The molecule has 18 heavy (non-hydrogen) atoms. The fourth-order valence-electron chi connectivity index (χ4n) is 1.99. The van der Waals surface area contributed by atoms with Gasteiger partial charge in [-0.05, 0) is 24.6 Å². The van der Waals surface area contributed by atoms with E-state index in [9.17, 15) is 4.79 Å². The highest BCUT2D eigenvalue weighted by Crippen LogP contribution is 2.35. The van der Waals surface area contributed by atoms with Crippen LogP contribution in [0.1, 0.15) is 6.42 Å². The van der Waals surface area contributed by atoms with Crippen LogP contribution in [0.5, 0.6) is 0 Å². The number of nitrogens with zero attached hydrogens (tertiary/aromatic N) is 2. The van der Waals surface area contributed by atoms with Crippen LogP contribution >= 0.6 is 23.1 Å². The van der Waals surface area contributed by atoms with Crippen molar-refractivity contribution in [2.45, 2.75) is 16.0 Å². The zero-order valence-electron chi connectivity index (χ0n) is 9.92. The van der Waals surface area contributed by atoms with Crippen LogP contribution < -0.4 is 5.73 Å². The number of anilines is 1. The second-order valence-corrected chi connectivity index (χ2v) is 6.84. The van der Waals surface area contributed by atoms with E-state index in [0.29, 0.717) is 0 Å². The summed E-state index contributed by atoms with van der Waals surface area (Å²) in [5.74, 6) is 0.207. The number of carbonyl (C=O) groups is 1. The van der Waals surface area contributed by atoms with E-state index in [1.54, 1.807) is 28.0 Å². The van der Waals surface area contributed by atoms with Crippen LogP contribution in [0, 0.1) is 0 Å². The van der Waals surface area contributed by atoms with Crippen molar-refractivity contribution in [1.29, 1.82) is 0 Å². The van der Waals surface area contributed by atoms with Crippen molar-refractivity contribution in [2.24, 2.45) is 0 Å². The molecule has 1 fully saturated rings. The monoisotopic (exact) mass is 279 g/mol. The number of thioether (sulfide) groups is 1. The molecule has 0 spiro atoms. The topological polar surface area (TPSA) is 59.2 Å². The summed E-state index contributed by atoms with van der Waals surface area (Å²) in [4.78, 5) is 18.2. The molecule has 1 aromatic heterocycles. The fourth-order valence-corrected chi connectivity index (χ4v) is 4.45. The Hall–Kier alpha value is -1.27. The molecule has 2 aromatic rings. The zero-order chi connectivity index (χ0) is 12.7. The molecule has 1 aliphatic heterocycles. The predicted octanol–water partition coefficient (Wildman–Crippen LogP) is 2.20. The van der Waals surface area contributed by atoms with E-state index in [4.69, 9.17) is 5.73 Å². The van der Waals surface area contributed by atoms with Gasteiger partial charge in [0.1, 0.15) is 0 Å². The largest absolute Gasteiger partial charge is 0.399 e. The molecule has 2 heterocycles. The van der Waals surface area contributed by atoms with Crippen molar-refractivity contribution in [1.82, 2.24) is 9.88 Å². The van der Waals surface area contributed by atoms with Crippen molar-refractivity contribution in [3.8, 4) is 0 Å². The lowest BCUT2D eigenvalue weighted by Gasteiger charge is -2.07. The number of hydrogen-bond donors (Lipinski definition) is 1. The van der Waals surface area contributed by atoms with E-state index in [2.05, 4.69) is 4.98 Å². The Kier molecular flexibility index (Phi) is 2.91. The Balaban J connectivity index is 1.85. The minimum absolute atomic E-state index is 0.0212. The number of fused-ring (bicyclic) bond motifs is 1. The third kappa shape index (κ3) is 2.06. The number of hydrogen-bond acceptors (Lipinski definition) is 5. The quantitative estimate of drug-likeness (QED) is 0.856. The summed E-state index contributed by atoms with van der Waals surface area (Å²) in [6, 6.07) is 5.71. The molecule has 2 N–H and O–H groups in total. The molecule has 0 aliphatic carbocycles. The third-order valence-electron chi connectivity index (χ3n) is 3.01. The molecule has 1 aliphatic rings. The maximum atomic E-state index is 11.8. The second kappa shape index (κ2) is 4.44. The number of carbonyl (C=O) groups excluding carboxylic acids is 1. The van der Waals surface area contributed by atoms with E-state index in [1.165, 1.54) is 0 Å². The first kappa shape index (κ1) is 11.8. The second-order valence-electron chi connectivity index (χ2n) is 4.36. The maximum absolute atomic E-state index is 11.8. The van der Waals surface area contributed by atoms with Gasteiger partial charge in [0.2, 0.25) is 5.91 Å². The number of nitrogen functional groups attached to an aromatic ring is 1. The summed E-state index contributed by atoms with van der Waals surface area (Å²) in [6.07, 6.45) is 0.901. The van der Waals surface area contributed by atoms with Gasteiger partial charge in [-0.15, -0.1) is 11.3 Å². The molecule has 94 valence electrons. The summed E-state index contributed by atoms with van der Waals surface area (Å²) in [6.45, 7) is 0.842.